The molecule has 0 amide bonds. The molecule has 2 aromatic heterocycles. The summed E-state index contributed by atoms with van der Waals surface area (Å²) >= 11 is 0. The average Bonchev–Trinajstić information content (AvgIpc) is 3.00. The van der Waals surface area contributed by atoms with Gasteiger partial charge >= 0.3 is 0 Å². The predicted octanol–water partition coefficient (Wildman–Crippen LogP) is 2.86. The Labute approximate surface area is 121 Å². The summed E-state index contributed by atoms with van der Waals surface area (Å²) in [6.07, 6.45) is 9.08. The summed E-state index contributed by atoms with van der Waals surface area (Å²) < 4.78 is 15.4. The van der Waals surface area contributed by atoms with Crippen molar-refractivity contribution in [3.63, 3.8) is 0 Å². The van der Waals surface area contributed by atoms with Crippen molar-refractivity contribution in [1.29, 1.82) is 0 Å². The Bertz CT molecular complexity index is 711. The van der Waals surface area contributed by atoms with Crippen molar-refractivity contribution in [1.82, 2.24) is 19.5 Å². The van der Waals surface area contributed by atoms with Crippen molar-refractivity contribution in [2.75, 3.05) is 11.9 Å². The first-order valence-electron chi connectivity index (χ1n) is 6.93. The quantitative estimate of drug-likeness (QED) is 0.708. The SMILES string of the molecule is Fc1ccc2ncnc(NCCCCn3ccnc3)c2c1. The standard InChI is InChI=1S/C15H16FN5/c16-12-3-4-14-13(9-12)15(20-10-19-14)18-5-1-2-7-21-8-6-17-11-21/h3-4,6,8-11H,1-2,5,7H2,(H,18,19,20). The van der Waals surface area contributed by atoms with Gasteiger partial charge in [-0.3, -0.25) is 0 Å². The van der Waals surface area contributed by atoms with Crippen molar-refractivity contribution >= 4 is 16.7 Å². The topological polar surface area (TPSA) is 55.6 Å². The highest BCUT2D eigenvalue weighted by atomic mass is 19.1. The highest BCUT2D eigenvalue weighted by Crippen LogP contribution is 2.19. The van der Waals surface area contributed by atoms with Crippen LogP contribution in [0.25, 0.3) is 10.9 Å². The Kier molecular flexibility index (Phi) is 4.04. The number of anilines is 1. The monoisotopic (exact) mass is 285 g/mol. The van der Waals surface area contributed by atoms with Crippen molar-refractivity contribution in [3.8, 4) is 0 Å². The zero-order valence-electron chi connectivity index (χ0n) is 11.5. The van der Waals surface area contributed by atoms with Crippen LogP contribution < -0.4 is 5.32 Å². The number of hydrogen-bond donors (Lipinski definition) is 1. The van der Waals surface area contributed by atoms with Crippen molar-refractivity contribution in [3.05, 3.63) is 49.1 Å². The summed E-state index contributed by atoms with van der Waals surface area (Å²) in [6.45, 7) is 1.73. The fourth-order valence-electron chi connectivity index (χ4n) is 2.21. The Morgan fingerprint density at radius 2 is 2.14 bits per heavy atom. The second-order valence-corrected chi connectivity index (χ2v) is 4.82. The minimum atomic E-state index is -0.277. The zero-order chi connectivity index (χ0) is 14.5. The third-order valence-electron chi connectivity index (χ3n) is 3.29. The number of nitrogens with zero attached hydrogens (tertiary/aromatic N) is 4. The predicted molar refractivity (Wildman–Crippen MR) is 79.4 cm³/mol. The molecule has 0 aliphatic carbocycles. The van der Waals surface area contributed by atoms with E-state index in [-0.39, 0.29) is 5.82 Å². The second-order valence-electron chi connectivity index (χ2n) is 4.82. The highest BCUT2D eigenvalue weighted by molar-refractivity contribution is 5.88. The van der Waals surface area contributed by atoms with Gasteiger partial charge in [-0.05, 0) is 31.0 Å². The molecule has 0 aliphatic rings. The number of nitrogens with one attached hydrogen (secondary N) is 1. The molecule has 0 bridgehead atoms. The maximum absolute atomic E-state index is 13.3. The number of aryl methyl sites for hydroxylation is 1. The molecular formula is C15H16FN5. The molecule has 21 heavy (non-hydrogen) atoms. The minimum Gasteiger partial charge on any atom is -0.369 e. The first-order chi connectivity index (χ1) is 10.3. The van der Waals surface area contributed by atoms with Crippen LogP contribution in [0.15, 0.2) is 43.2 Å². The van der Waals surface area contributed by atoms with Gasteiger partial charge in [0.15, 0.2) is 0 Å². The minimum absolute atomic E-state index is 0.277. The fraction of sp³-hybridized carbons (Fsp3) is 0.267. The molecule has 1 aromatic carbocycles. The number of halogens is 1. The molecular weight excluding hydrogens is 269 g/mol. The lowest BCUT2D eigenvalue weighted by molar-refractivity contribution is 0.620. The number of imidazole rings is 1. The van der Waals surface area contributed by atoms with Crippen LogP contribution in [0.3, 0.4) is 0 Å². The van der Waals surface area contributed by atoms with Crippen LogP contribution in [-0.2, 0) is 6.54 Å². The molecule has 2 heterocycles. The smallest absolute Gasteiger partial charge is 0.137 e. The molecule has 5 nitrogen and oxygen atoms in total. The lowest BCUT2D eigenvalue weighted by Crippen LogP contribution is -2.06. The van der Waals surface area contributed by atoms with Crippen LogP contribution in [-0.4, -0.2) is 26.1 Å². The number of hydrogen-bond acceptors (Lipinski definition) is 4. The van der Waals surface area contributed by atoms with Crippen LogP contribution in [0.5, 0.6) is 0 Å². The van der Waals surface area contributed by atoms with Crippen molar-refractivity contribution < 1.29 is 4.39 Å². The van der Waals surface area contributed by atoms with Crippen LogP contribution in [0.2, 0.25) is 0 Å². The Balaban J connectivity index is 1.56. The number of unbranched alkanes of at least 4 members (excludes halogenated alkanes) is 1. The average molecular weight is 285 g/mol. The Morgan fingerprint density at radius 1 is 1.19 bits per heavy atom. The van der Waals surface area contributed by atoms with E-state index in [1.54, 1.807) is 12.3 Å². The summed E-state index contributed by atoms with van der Waals surface area (Å²) in [5, 5.41) is 3.97. The molecule has 0 atom stereocenters. The second kappa shape index (κ2) is 6.30. The molecule has 0 saturated heterocycles. The van der Waals surface area contributed by atoms with Gasteiger partial charge in [-0.2, -0.15) is 0 Å². The van der Waals surface area contributed by atoms with E-state index in [1.165, 1.54) is 18.5 Å². The van der Waals surface area contributed by atoms with Gasteiger partial charge in [0, 0.05) is 30.9 Å². The molecule has 3 aromatic rings. The number of fused-ring (bicyclic) bond motifs is 1. The summed E-state index contributed by atoms with van der Waals surface area (Å²) in [6, 6.07) is 4.53. The van der Waals surface area contributed by atoms with Gasteiger partial charge in [0.1, 0.15) is 18.0 Å². The molecule has 0 spiro atoms. The lowest BCUT2D eigenvalue weighted by Gasteiger charge is -2.08. The maximum atomic E-state index is 13.3. The number of benzene rings is 1. The van der Waals surface area contributed by atoms with E-state index in [4.69, 9.17) is 0 Å². The van der Waals surface area contributed by atoms with E-state index >= 15 is 0 Å². The highest BCUT2D eigenvalue weighted by Gasteiger charge is 2.04. The van der Waals surface area contributed by atoms with E-state index in [2.05, 4.69) is 24.8 Å². The van der Waals surface area contributed by atoms with Crippen molar-refractivity contribution in [2.45, 2.75) is 19.4 Å². The fourth-order valence-corrected chi connectivity index (χ4v) is 2.21. The molecule has 0 radical (unpaired) electrons. The van der Waals surface area contributed by atoms with Crippen LogP contribution in [0.1, 0.15) is 12.8 Å². The molecule has 0 unspecified atom stereocenters. The Hall–Kier alpha value is -2.50. The lowest BCUT2D eigenvalue weighted by atomic mass is 10.2. The van der Waals surface area contributed by atoms with E-state index < -0.39 is 0 Å². The first kappa shape index (κ1) is 13.5. The van der Waals surface area contributed by atoms with E-state index in [1.807, 2.05) is 12.5 Å². The maximum Gasteiger partial charge on any atom is 0.137 e. The van der Waals surface area contributed by atoms with Crippen LogP contribution in [0, 0.1) is 5.82 Å². The van der Waals surface area contributed by atoms with E-state index in [9.17, 15) is 4.39 Å². The summed E-state index contributed by atoms with van der Waals surface area (Å²) in [5.74, 6) is 0.405. The third kappa shape index (κ3) is 3.34. The van der Waals surface area contributed by atoms with Crippen LogP contribution >= 0.6 is 0 Å². The Morgan fingerprint density at radius 3 is 3.00 bits per heavy atom. The third-order valence-corrected chi connectivity index (χ3v) is 3.29. The van der Waals surface area contributed by atoms with Gasteiger partial charge in [0.25, 0.3) is 0 Å². The first-order valence-corrected chi connectivity index (χ1v) is 6.93. The van der Waals surface area contributed by atoms with E-state index in [0.29, 0.717) is 11.2 Å². The molecule has 0 fully saturated rings. The molecule has 0 saturated carbocycles. The molecule has 3 rings (SSSR count). The van der Waals surface area contributed by atoms with Gasteiger partial charge in [-0.25, -0.2) is 19.3 Å². The summed E-state index contributed by atoms with van der Waals surface area (Å²) in [5.41, 5.74) is 0.743. The normalized spacial score (nSPS) is 10.9. The van der Waals surface area contributed by atoms with Crippen LogP contribution in [0.4, 0.5) is 10.2 Å². The van der Waals surface area contributed by atoms with Crippen molar-refractivity contribution in [2.24, 2.45) is 0 Å². The zero-order valence-corrected chi connectivity index (χ0v) is 11.5. The number of aromatic nitrogens is 4. The summed E-state index contributed by atoms with van der Waals surface area (Å²) in [7, 11) is 0. The molecule has 108 valence electrons. The molecule has 1 N–H and O–H groups in total. The summed E-state index contributed by atoms with van der Waals surface area (Å²) in [4.78, 5) is 12.3. The molecule has 0 aliphatic heterocycles. The molecule has 6 heteroatoms. The van der Waals surface area contributed by atoms with Gasteiger partial charge in [0.05, 0.1) is 11.8 Å². The van der Waals surface area contributed by atoms with E-state index in [0.717, 1.165) is 31.4 Å². The number of rotatable bonds is 6. The largest absolute Gasteiger partial charge is 0.369 e. The van der Waals surface area contributed by atoms with Gasteiger partial charge in [-0.15, -0.1) is 0 Å². The van der Waals surface area contributed by atoms with Gasteiger partial charge < -0.3 is 9.88 Å². The van der Waals surface area contributed by atoms with Gasteiger partial charge in [0.2, 0.25) is 0 Å². The van der Waals surface area contributed by atoms with Gasteiger partial charge in [-0.1, -0.05) is 0 Å².